The van der Waals surface area contributed by atoms with E-state index in [1.165, 1.54) is 4.41 Å². The van der Waals surface area contributed by atoms with Crippen molar-refractivity contribution in [1.82, 2.24) is 19.0 Å². The summed E-state index contributed by atoms with van der Waals surface area (Å²) >= 11 is 0.968. The lowest BCUT2D eigenvalue weighted by atomic mass is 10.1. The second kappa shape index (κ2) is 8.85. The first kappa shape index (κ1) is 20.3. The van der Waals surface area contributed by atoms with Gasteiger partial charge in [0, 0.05) is 30.7 Å². The van der Waals surface area contributed by atoms with Crippen LogP contribution in [0.1, 0.15) is 19.3 Å². The van der Waals surface area contributed by atoms with Gasteiger partial charge in [0.1, 0.15) is 29.3 Å². The first-order chi connectivity index (χ1) is 15.2. The summed E-state index contributed by atoms with van der Waals surface area (Å²) in [6.45, 7) is 0.544. The molecule has 0 radical (unpaired) electrons. The Bertz CT molecular complexity index is 1140. The van der Waals surface area contributed by atoms with Crippen LogP contribution < -0.4 is 11.2 Å². The molecular weight excluding hydrogens is 416 g/mol. The Morgan fingerprint density at radius 2 is 2.19 bits per heavy atom. The number of para-hydroxylation sites is 1. The fraction of sp³-hybridized carbons (Fsp3) is 0.333. The smallest absolute Gasteiger partial charge is 0.158 e. The molecule has 1 aromatic carbocycles. The van der Waals surface area contributed by atoms with Crippen LogP contribution in [0.2, 0.25) is 0 Å². The minimum absolute atomic E-state index is 0.336. The van der Waals surface area contributed by atoms with E-state index in [-0.39, 0.29) is 0 Å². The Labute approximate surface area is 183 Å². The predicted octanol–water partition coefficient (Wildman–Crippen LogP) is 4.04. The molecule has 31 heavy (non-hydrogen) atoms. The van der Waals surface area contributed by atoms with E-state index in [1.807, 2.05) is 47.0 Å². The average molecular weight is 441 g/mol. The highest BCUT2D eigenvalue weighted by Gasteiger charge is 2.26. The van der Waals surface area contributed by atoms with Crippen molar-refractivity contribution in [2.75, 3.05) is 19.0 Å². The zero-order valence-electron chi connectivity index (χ0n) is 17.1. The number of anilines is 1. The minimum atomic E-state index is 0.336. The molecule has 162 valence electrons. The van der Waals surface area contributed by atoms with E-state index in [9.17, 15) is 0 Å². The number of furan rings is 1. The fourth-order valence-electron chi connectivity index (χ4n) is 3.99. The summed E-state index contributed by atoms with van der Waals surface area (Å²) in [6, 6.07) is 14.2. The number of aromatic nitrogens is 3. The van der Waals surface area contributed by atoms with Gasteiger partial charge in [0.25, 0.3) is 0 Å². The number of nitrogens with zero attached hydrogens (tertiary/aromatic N) is 4. The number of hydrogen-bond acceptors (Lipinski definition) is 9. The molecule has 2 atom stereocenters. The van der Waals surface area contributed by atoms with Crippen LogP contribution in [0.5, 0.6) is 0 Å². The number of nitrogens with two attached hydrogens (primary N) is 1. The Morgan fingerprint density at radius 3 is 3.06 bits per heavy atom. The predicted molar refractivity (Wildman–Crippen MR) is 120 cm³/mol. The van der Waals surface area contributed by atoms with Crippen molar-refractivity contribution in [2.45, 2.75) is 25.3 Å². The molecule has 3 heterocycles. The van der Waals surface area contributed by atoms with Crippen molar-refractivity contribution in [3.63, 3.8) is 0 Å². The van der Waals surface area contributed by atoms with Gasteiger partial charge in [-0.05, 0) is 43.4 Å². The molecule has 1 aliphatic carbocycles. The number of hydrazine groups is 1. The lowest BCUT2D eigenvalue weighted by Crippen LogP contribution is -2.19. The van der Waals surface area contributed by atoms with Gasteiger partial charge in [-0.1, -0.05) is 18.2 Å². The number of nitrogens with one attached hydrogen (secondary N) is 1. The number of benzene rings is 1. The lowest BCUT2D eigenvalue weighted by Gasteiger charge is -2.15. The van der Waals surface area contributed by atoms with Crippen LogP contribution in [-0.2, 0) is 9.22 Å². The van der Waals surface area contributed by atoms with E-state index in [0.717, 1.165) is 65.4 Å². The maximum atomic E-state index is 5.97. The topological polar surface area (TPSA) is 103 Å². The Hall–Kier alpha value is -2.63. The second-order valence-electron chi connectivity index (χ2n) is 7.77. The molecule has 0 spiro atoms. The van der Waals surface area contributed by atoms with E-state index in [0.29, 0.717) is 18.6 Å². The van der Waals surface area contributed by atoms with Gasteiger partial charge in [0.05, 0.1) is 6.61 Å². The van der Waals surface area contributed by atoms with Gasteiger partial charge in [-0.2, -0.15) is 14.0 Å². The summed E-state index contributed by atoms with van der Waals surface area (Å²) in [5.41, 5.74) is 2.38. The molecule has 4 aromatic rings. The van der Waals surface area contributed by atoms with E-state index in [4.69, 9.17) is 24.6 Å². The highest BCUT2D eigenvalue weighted by atomic mass is 32.2. The molecule has 3 N–H and O–H groups in total. The molecule has 2 unspecified atom stereocenters. The summed E-state index contributed by atoms with van der Waals surface area (Å²) in [7, 11) is 1.69. The van der Waals surface area contributed by atoms with Gasteiger partial charge >= 0.3 is 0 Å². The first-order valence-corrected chi connectivity index (χ1v) is 10.9. The molecule has 0 bridgehead atoms. The van der Waals surface area contributed by atoms with E-state index in [1.54, 1.807) is 13.2 Å². The number of fused-ring (bicyclic) bond motifs is 2. The third kappa shape index (κ3) is 4.53. The monoisotopic (exact) mass is 440 g/mol. The van der Waals surface area contributed by atoms with E-state index in [2.05, 4.69) is 10.3 Å². The Balaban J connectivity index is 1.28. The van der Waals surface area contributed by atoms with Crippen LogP contribution in [0, 0.1) is 5.92 Å². The molecule has 0 saturated heterocycles. The van der Waals surface area contributed by atoms with Crippen LogP contribution in [0.3, 0.4) is 0 Å². The van der Waals surface area contributed by atoms with E-state index >= 15 is 0 Å². The van der Waals surface area contributed by atoms with Gasteiger partial charge in [-0.25, -0.2) is 9.87 Å². The summed E-state index contributed by atoms with van der Waals surface area (Å²) in [5, 5.41) is 9.42. The quantitative estimate of drug-likeness (QED) is 0.105. The van der Waals surface area contributed by atoms with Gasteiger partial charge in [-0.15, -0.1) is 4.33 Å². The Kier molecular flexibility index (Phi) is 5.79. The number of hydrogen-bond donors (Lipinski definition) is 2. The minimum Gasteiger partial charge on any atom is -0.454 e. The Morgan fingerprint density at radius 1 is 1.29 bits per heavy atom. The first-order valence-electron chi connectivity index (χ1n) is 10.2. The van der Waals surface area contributed by atoms with Gasteiger partial charge in [-0.3, -0.25) is 5.84 Å². The third-order valence-corrected chi connectivity index (χ3v) is 5.82. The molecule has 1 aliphatic rings. The number of rotatable bonds is 8. The lowest BCUT2D eigenvalue weighted by molar-refractivity contribution is -0.203. The molecule has 0 aliphatic heterocycles. The standard InChI is InChI=1S/C21H24N6O3S/c1-26(22)31-30-28-13-14-6-7-16(10-14)24-20-8-9-23-21-12-17(25-27(20)21)19-11-15-4-2-3-5-18(15)29-19/h2-5,8-9,11-12,14,16,24H,6-7,10,13,22H2,1H3. The highest BCUT2D eigenvalue weighted by Crippen LogP contribution is 2.30. The normalized spacial score (nSPS) is 19.1. The molecule has 1 saturated carbocycles. The average Bonchev–Trinajstić information content (AvgIpc) is 3.49. The largest absolute Gasteiger partial charge is 0.454 e. The van der Waals surface area contributed by atoms with Crippen LogP contribution in [-0.4, -0.2) is 38.7 Å². The molecule has 9 nitrogen and oxygen atoms in total. The molecule has 0 amide bonds. The highest BCUT2D eigenvalue weighted by molar-refractivity contribution is 7.92. The van der Waals surface area contributed by atoms with Gasteiger partial charge in [0.2, 0.25) is 0 Å². The van der Waals surface area contributed by atoms with Crippen LogP contribution in [0.4, 0.5) is 5.82 Å². The van der Waals surface area contributed by atoms with Crippen molar-refractivity contribution >= 4 is 34.7 Å². The summed E-state index contributed by atoms with van der Waals surface area (Å²) in [6.07, 6.45) is 4.92. The molecule has 1 fully saturated rings. The van der Waals surface area contributed by atoms with Crippen molar-refractivity contribution in [3.8, 4) is 11.5 Å². The SMILES string of the molecule is CN(N)SOOCC1CCC(Nc2ccnc3cc(-c4cc5ccccc5o4)nn23)C1. The van der Waals surface area contributed by atoms with Crippen LogP contribution >= 0.6 is 12.2 Å². The van der Waals surface area contributed by atoms with Crippen molar-refractivity contribution < 1.29 is 13.6 Å². The van der Waals surface area contributed by atoms with E-state index < -0.39 is 0 Å². The van der Waals surface area contributed by atoms with Crippen LogP contribution in [0.25, 0.3) is 28.1 Å². The zero-order chi connectivity index (χ0) is 21.2. The molecular formula is C21H24N6O3S. The maximum Gasteiger partial charge on any atom is 0.158 e. The maximum absolute atomic E-state index is 5.97. The van der Waals surface area contributed by atoms with Crippen LogP contribution in [0.15, 0.2) is 53.1 Å². The van der Waals surface area contributed by atoms with Gasteiger partial charge in [0.15, 0.2) is 11.4 Å². The summed E-state index contributed by atoms with van der Waals surface area (Å²) < 4.78 is 14.2. The van der Waals surface area contributed by atoms with Crippen molar-refractivity contribution in [1.29, 1.82) is 0 Å². The second-order valence-corrected chi connectivity index (χ2v) is 8.63. The van der Waals surface area contributed by atoms with Crippen molar-refractivity contribution in [3.05, 3.63) is 48.7 Å². The fourth-order valence-corrected chi connectivity index (χ4v) is 4.19. The molecule has 10 heteroatoms. The van der Waals surface area contributed by atoms with Crippen molar-refractivity contribution in [2.24, 2.45) is 11.8 Å². The molecule has 5 rings (SSSR count). The summed E-state index contributed by atoms with van der Waals surface area (Å²) in [4.78, 5) is 9.71. The summed E-state index contributed by atoms with van der Waals surface area (Å²) in [5.74, 6) is 7.54. The molecule has 3 aromatic heterocycles. The van der Waals surface area contributed by atoms with Gasteiger partial charge < -0.3 is 9.73 Å². The third-order valence-electron chi connectivity index (χ3n) is 5.43. The zero-order valence-corrected chi connectivity index (χ0v) is 17.9.